The van der Waals surface area contributed by atoms with Crippen LogP contribution in [0.25, 0.3) is 0 Å². The third-order valence-electron chi connectivity index (χ3n) is 3.45. The van der Waals surface area contributed by atoms with Crippen molar-refractivity contribution in [3.8, 4) is 0 Å². The Morgan fingerprint density at radius 3 is 2.59 bits per heavy atom. The molecule has 8 heteroatoms. The molecule has 0 spiro atoms. The summed E-state index contributed by atoms with van der Waals surface area (Å²) in [5.74, 6) is -0.655. The number of pyridine rings is 1. The van der Waals surface area contributed by atoms with E-state index in [1.54, 1.807) is 18.2 Å². The Morgan fingerprint density at radius 1 is 1.23 bits per heavy atom. The highest BCUT2D eigenvalue weighted by atomic mass is 32.2. The van der Waals surface area contributed by atoms with Crippen molar-refractivity contribution in [2.45, 2.75) is 22.3 Å². The van der Waals surface area contributed by atoms with E-state index in [9.17, 15) is 18.4 Å². The first kappa shape index (κ1) is 14.6. The lowest BCUT2D eigenvalue weighted by molar-refractivity contribution is -0.125. The minimum atomic E-state index is -3.71. The van der Waals surface area contributed by atoms with E-state index in [1.165, 1.54) is 18.2 Å². The molecule has 2 aromatic rings. The molecule has 0 radical (unpaired) electrons. The predicted octanol–water partition coefficient (Wildman–Crippen LogP) is 0.520. The smallest absolute Gasteiger partial charge is 0.269 e. The van der Waals surface area contributed by atoms with Crippen molar-refractivity contribution >= 4 is 21.6 Å². The van der Waals surface area contributed by atoms with Gasteiger partial charge in [0.1, 0.15) is 0 Å². The van der Waals surface area contributed by atoms with Crippen molar-refractivity contribution in [3.63, 3.8) is 0 Å². The van der Waals surface area contributed by atoms with Crippen molar-refractivity contribution in [2.75, 3.05) is 5.06 Å². The summed E-state index contributed by atoms with van der Waals surface area (Å²) in [5.41, 5.74) is 6.03. The molecule has 0 saturated carbocycles. The first-order valence-electron chi connectivity index (χ1n) is 6.49. The number of sulfone groups is 1. The molecular weight excluding hydrogens is 306 g/mol. The molecule has 0 unspecified atom stereocenters. The van der Waals surface area contributed by atoms with Crippen molar-refractivity contribution < 1.29 is 18.4 Å². The van der Waals surface area contributed by atoms with E-state index in [1.807, 2.05) is 0 Å². The summed E-state index contributed by atoms with van der Waals surface area (Å²) < 4.78 is 25.1. The van der Waals surface area contributed by atoms with Crippen LogP contribution in [0.5, 0.6) is 0 Å². The minimum absolute atomic E-state index is 0.00704. The number of anilines is 1. The highest BCUT2D eigenvalue weighted by molar-refractivity contribution is 7.91. The molecular formula is C14H13N3O4S. The molecule has 1 aliphatic heterocycles. The maximum Gasteiger partial charge on any atom is 0.269 e. The van der Waals surface area contributed by atoms with Gasteiger partial charge in [-0.2, -0.15) is 5.06 Å². The van der Waals surface area contributed by atoms with Crippen LogP contribution in [0.3, 0.4) is 0 Å². The molecule has 0 aliphatic carbocycles. The van der Waals surface area contributed by atoms with Crippen molar-refractivity contribution in [3.05, 3.63) is 48.2 Å². The molecule has 7 nitrogen and oxygen atoms in total. The largest absolute Gasteiger partial charge is 0.320 e. The number of aromatic nitrogens is 1. The lowest BCUT2D eigenvalue weighted by atomic mass is 10.0. The molecule has 0 fully saturated rings. The van der Waals surface area contributed by atoms with Crippen LogP contribution in [0.2, 0.25) is 0 Å². The number of benzene rings is 1. The van der Waals surface area contributed by atoms with E-state index in [-0.39, 0.29) is 22.0 Å². The van der Waals surface area contributed by atoms with Gasteiger partial charge in [-0.15, -0.1) is 0 Å². The normalized spacial score (nSPS) is 18.2. The zero-order valence-corrected chi connectivity index (χ0v) is 12.2. The summed E-state index contributed by atoms with van der Waals surface area (Å²) in [6.45, 7) is 0. The molecule has 22 heavy (non-hydrogen) atoms. The van der Waals surface area contributed by atoms with Crippen molar-refractivity contribution in [1.29, 1.82) is 0 Å². The third-order valence-corrected chi connectivity index (χ3v) is 5.18. The Balaban J connectivity index is 2.09. The molecule has 3 N–H and O–H groups in total. The number of nitrogens with zero attached hydrogens (tertiary/aromatic N) is 2. The maximum absolute atomic E-state index is 12.5. The summed E-state index contributed by atoms with van der Waals surface area (Å²) in [6.07, 6.45) is 1.24. The van der Waals surface area contributed by atoms with Crippen LogP contribution in [0.4, 0.5) is 5.82 Å². The Kier molecular flexibility index (Phi) is 3.44. The number of hydrogen-bond acceptors (Lipinski definition) is 6. The zero-order chi connectivity index (χ0) is 15.9. The molecule has 1 atom stereocenters. The minimum Gasteiger partial charge on any atom is -0.320 e. The van der Waals surface area contributed by atoms with Gasteiger partial charge in [-0.25, -0.2) is 13.4 Å². The summed E-state index contributed by atoms with van der Waals surface area (Å²) in [7, 11) is -3.71. The monoisotopic (exact) mass is 319 g/mol. The van der Waals surface area contributed by atoms with Crippen LogP contribution >= 0.6 is 0 Å². The number of hydroxylamine groups is 1. The second-order valence-corrected chi connectivity index (χ2v) is 6.88. The van der Waals surface area contributed by atoms with Gasteiger partial charge in [0, 0.05) is 18.2 Å². The number of fused-ring (bicyclic) bond motifs is 1. The number of carbonyl (C=O) groups excluding carboxylic acids is 1. The highest BCUT2D eigenvalue weighted by Gasteiger charge is 2.32. The molecule has 1 aliphatic rings. The van der Waals surface area contributed by atoms with Gasteiger partial charge in [-0.05, 0) is 18.2 Å². The second kappa shape index (κ2) is 5.16. The first-order valence-corrected chi connectivity index (χ1v) is 7.97. The number of amides is 1. The van der Waals surface area contributed by atoms with E-state index in [2.05, 4.69) is 4.98 Å². The topological polar surface area (TPSA) is 114 Å². The second-order valence-electron chi connectivity index (χ2n) is 4.93. The molecule has 1 aromatic carbocycles. The number of nitrogens with two attached hydrogens (primary N) is 1. The summed E-state index contributed by atoms with van der Waals surface area (Å²) in [6, 6.07) is 8.42. The van der Waals surface area contributed by atoms with Gasteiger partial charge in [0.25, 0.3) is 5.91 Å². The van der Waals surface area contributed by atoms with E-state index >= 15 is 0 Å². The van der Waals surface area contributed by atoms with Crippen LogP contribution < -0.4 is 10.8 Å². The fourth-order valence-electron chi connectivity index (χ4n) is 2.29. The van der Waals surface area contributed by atoms with E-state index < -0.39 is 21.8 Å². The van der Waals surface area contributed by atoms with Crippen LogP contribution in [0.15, 0.2) is 52.4 Å². The summed E-state index contributed by atoms with van der Waals surface area (Å²) in [5, 5.41) is 10.1. The standard InChI is InChI=1S/C14H13N3O4S/c15-12-7-9-6-11(8-16-13(9)17(19)14(12)18)22(20,21)10-4-2-1-3-5-10/h1-6,8,12,19H,7,15H2/t12-/m0/s1. The molecule has 1 aromatic heterocycles. The van der Waals surface area contributed by atoms with E-state index in [0.717, 1.165) is 6.20 Å². The Labute approximate surface area is 126 Å². The quantitative estimate of drug-likeness (QED) is 0.780. The van der Waals surface area contributed by atoms with Crippen LogP contribution in [0.1, 0.15) is 5.56 Å². The number of hydrogen-bond donors (Lipinski definition) is 2. The van der Waals surface area contributed by atoms with Gasteiger partial charge in [0.2, 0.25) is 9.84 Å². The molecule has 0 saturated heterocycles. The maximum atomic E-state index is 12.5. The molecule has 1 amide bonds. The Morgan fingerprint density at radius 2 is 1.91 bits per heavy atom. The fourth-order valence-corrected chi connectivity index (χ4v) is 3.57. The van der Waals surface area contributed by atoms with Gasteiger partial charge in [-0.3, -0.25) is 10.0 Å². The summed E-state index contributed by atoms with van der Waals surface area (Å²) >= 11 is 0. The van der Waals surface area contributed by atoms with Gasteiger partial charge in [0.15, 0.2) is 5.82 Å². The highest BCUT2D eigenvalue weighted by Crippen LogP contribution is 2.28. The SMILES string of the molecule is N[C@H]1Cc2cc(S(=O)(=O)c3ccccc3)cnc2N(O)C1=O. The van der Waals surface area contributed by atoms with Crippen LogP contribution in [-0.2, 0) is 21.1 Å². The van der Waals surface area contributed by atoms with E-state index in [4.69, 9.17) is 5.73 Å². The Hall–Kier alpha value is -2.29. The predicted molar refractivity (Wildman–Crippen MR) is 77.1 cm³/mol. The van der Waals surface area contributed by atoms with Crippen LogP contribution in [0, 0.1) is 0 Å². The zero-order valence-electron chi connectivity index (χ0n) is 11.4. The summed E-state index contributed by atoms with van der Waals surface area (Å²) in [4.78, 5) is 15.6. The third kappa shape index (κ3) is 2.27. The molecule has 114 valence electrons. The first-order chi connectivity index (χ1) is 10.4. The lowest BCUT2D eigenvalue weighted by Crippen LogP contribution is -2.47. The van der Waals surface area contributed by atoms with Crippen molar-refractivity contribution in [1.82, 2.24) is 4.98 Å². The molecule has 0 bridgehead atoms. The lowest BCUT2D eigenvalue weighted by Gasteiger charge is -2.26. The Bertz CT molecular complexity index is 836. The molecule has 3 rings (SSSR count). The average molecular weight is 319 g/mol. The molecule has 2 heterocycles. The van der Waals surface area contributed by atoms with E-state index in [0.29, 0.717) is 10.6 Å². The average Bonchev–Trinajstić information content (AvgIpc) is 2.53. The van der Waals surface area contributed by atoms with Gasteiger partial charge >= 0.3 is 0 Å². The fraction of sp³-hybridized carbons (Fsp3) is 0.143. The van der Waals surface area contributed by atoms with Gasteiger partial charge < -0.3 is 5.73 Å². The van der Waals surface area contributed by atoms with Crippen molar-refractivity contribution in [2.24, 2.45) is 5.73 Å². The van der Waals surface area contributed by atoms with Gasteiger partial charge in [0.05, 0.1) is 15.8 Å². The number of carbonyl (C=O) groups is 1. The number of rotatable bonds is 2. The van der Waals surface area contributed by atoms with Crippen LogP contribution in [-0.4, -0.2) is 30.6 Å². The van der Waals surface area contributed by atoms with Gasteiger partial charge in [-0.1, -0.05) is 18.2 Å².